The summed E-state index contributed by atoms with van der Waals surface area (Å²) in [6, 6.07) is 13.2. The molecule has 1 aliphatic heterocycles. The minimum Gasteiger partial charge on any atom is -0.497 e. The third kappa shape index (κ3) is 4.62. The number of imidazole rings is 1. The molecule has 0 N–H and O–H groups in total. The minimum absolute atomic E-state index is 0.102. The summed E-state index contributed by atoms with van der Waals surface area (Å²) in [4.78, 5) is 17.0. The Morgan fingerprint density at radius 3 is 2.49 bits per heavy atom. The van der Waals surface area contributed by atoms with Gasteiger partial charge in [-0.1, -0.05) is 45.0 Å². The van der Waals surface area contributed by atoms with Crippen molar-refractivity contribution in [3.8, 4) is 5.75 Å². The van der Waals surface area contributed by atoms with Crippen LogP contribution in [0.4, 0.5) is 5.95 Å². The number of rotatable bonds is 4. The average Bonchev–Trinajstić information content (AvgIpc) is 3.07. The van der Waals surface area contributed by atoms with Crippen LogP contribution in [0.1, 0.15) is 54.3 Å². The zero-order valence-electron chi connectivity index (χ0n) is 21.7. The van der Waals surface area contributed by atoms with Gasteiger partial charge in [0.25, 0.3) is 0 Å². The predicted octanol–water partition coefficient (Wildman–Crippen LogP) is 5.17. The fraction of sp³-hybridized carbons (Fsp3) is 0.414. The molecule has 1 aliphatic rings. The number of aryl methyl sites for hydroxylation is 2. The summed E-state index contributed by atoms with van der Waals surface area (Å²) in [5.74, 6) is 1.69. The van der Waals surface area contributed by atoms with Crippen LogP contribution >= 0.6 is 0 Å². The number of benzene rings is 2. The highest BCUT2D eigenvalue weighted by Crippen LogP contribution is 2.28. The standard InChI is InChI=1S/C29H35N5O/c1-19-7-9-23(29(2,3)4)15-22(19)17-25-26-27(30-18-33(26)5)32-28(31-25)34-13-11-20-8-10-24(35-6)16-21(20)12-14-34/h7-10,15-16,18H,11-14,17H2,1-6H3. The van der Waals surface area contributed by atoms with Crippen molar-refractivity contribution < 1.29 is 4.74 Å². The van der Waals surface area contributed by atoms with Gasteiger partial charge >= 0.3 is 0 Å². The highest BCUT2D eigenvalue weighted by atomic mass is 16.5. The van der Waals surface area contributed by atoms with Crippen LogP contribution in [0.3, 0.4) is 0 Å². The number of fused-ring (bicyclic) bond motifs is 2. The lowest BCUT2D eigenvalue weighted by Gasteiger charge is -2.22. The molecule has 6 heteroatoms. The van der Waals surface area contributed by atoms with E-state index in [1.165, 1.54) is 27.8 Å². The third-order valence-electron chi connectivity index (χ3n) is 7.20. The van der Waals surface area contributed by atoms with E-state index in [0.29, 0.717) is 0 Å². The number of hydrogen-bond acceptors (Lipinski definition) is 5. The molecule has 35 heavy (non-hydrogen) atoms. The van der Waals surface area contributed by atoms with Crippen molar-refractivity contribution in [1.29, 1.82) is 0 Å². The van der Waals surface area contributed by atoms with E-state index in [0.717, 1.165) is 60.9 Å². The van der Waals surface area contributed by atoms with E-state index >= 15 is 0 Å². The van der Waals surface area contributed by atoms with Gasteiger partial charge in [0.2, 0.25) is 5.95 Å². The normalized spacial score (nSPS) is 14.2. The van der Waals surface area contributed by atoms with Crippen LogP contribution in [0, 0.1) is 6.92 Å². The molecule has 3 heterocycles. The monoisotopic (exact) mass is 469 g/mol. The van der Waals surface area contributed by atoms with E-state index in [2.05, 4.69) is 74.0 Å². The van der Waals surface area contributed by atoms with Gasteiger partial charge in [-0.25, -0.2) is 9.97 Å². The van der Waals surface area contributed by atoms with Gasteiger partial charge < -0.3 is 14.2 Å². The quantitative estimate of drug-likeness (QED) is 0.413. The topological polar surface area (TPSA) is 56.1 Å². The molecule has 5 rings (SSSR count). The predicted molar refractivity (Wildman–Crippen MR) is 142 cm³/mol. The van der Waals surface area contributed by atoms with Crippen molar-refractivity contribution in [2.75, 3.05) is 25.1 Å². The molecule has 0 saturated carbocycles. The Balaban J connectivity index is 1.51. The van der Waals surface area contributed by atoms with Gasteiger partial charge in [-0.15, -0.1) is 0 Å². The number of nitrogens with zero attached hydrogens (tertiary/aromatic N) is 5. The average molecular weight is 470 g/mol. The van der Waals surface area contributed by atoms with E-state index in [1.54, 1.807) is 7.11 Å². The molecule has 0 radical (unpaired) electrons. The lowest BCUT2D eigenvalue weighted by molar-refractivity contribution is 0.414. The molecule has 182 valence electrons. The molecule has 0 saturated heterocycles. The Bertz CT molecular complexity index is 1380. The van der Waals surface area contributed by atoms with Crippen LogP contribution in [-0.2, 0) is 31.7 Å². The number of anilines is 1. The summed E-state index contributed by atoms with van der Waals surface area (Å²) in [6.07, 6.45) is 4.51. The van der Waals surface area contributed by atoms with E-state index in [-0.39, 0.29) is 5.41 Å². The molecule has 4 aromatic rings. The van der Waals surface area contributed by atoms with Crippen molar-refractivity contribution in [3.05, 3.63) is 76.2 Å². The molecule has 0 amide bonds. The maximum atomic E-state index is 5.45. The Morgan fingerprint density at radius 1 is 0.971 bits per heavy atom. The van der Waals surface area contributed by atoms with Gasteiger partial charge in [-0.2, -0.15) is 4.98 Å². The second-order valence-electron chi connectivity index (χ2n) is 10.7. The summed E-state index contributed by atoms with van der Waals surface area (Å²) in [5, 5.41) is 0. The third-order valence-corrected chi connectivity index (χ3v) is 7.20. The summed E-state index contributed by atoms with van der Waals surface area (Å²) >= 11 is 0. The lowest BCUT2D eigenvalue weighted by Crippen LogP contribution is -2.28. The second kappa shape index (κ2) is 8.99. The summed E-state index contributed by atoms with van der Waals surface area (Å²) in [6.45, 7) is 10.7. The number of ether oxygens (including phenoxy) is 1. The highest BCUT2D eigenvalue weighted by Gasteiger charge is 2.21. The van der Waals surface area contributed by atoms with E-state index < -0.39 is 0 Å². The smallest absolute Gasteiger partial charge is 0.227 e. The van der Waals surface area contributed by atoms with Crippen LogP contribution in [0.25, 0.3) is 11.2 Å². The van der Waals surface area contributed by atoms with Crippen LogP contribution < -0.4 is 9.64 Å². The lowest BCUT2D eigenvalue weighted by atomic mass is 9.84. The molecule has 0 fully saturated rings. The number of hydrogen-bond donors (Lipinski definition) is 0. The number of methoxy groups -OCH3 is 1. The van der Waals surface area contributed by atoms with Crippen molar-refractivity contribution in [2.45, 2.75) is 52.4 Å². The zero-order valence-corrected chi connectivity index (χ0v) is 21.7. The molecule has 6 nitrogen and oxygen atoms in total. The van der Waals surface area contributed by atoms with Gasteiger partial charge in [0.05, 0.1) is 19.1 Å². The minimum atomic E-state index is 0.102. The molecule has 2 aromatic carbocycles. The van der Waals surface area contributed by atoms with Gasteiger partial charge in [0.1, 0.15) is 11.3 Å². The Labute approximate surface area is 208 Å². The van der Waals surface area contributed by atoms with Crippen molar-refractivity contribution >= 4 is 17.1 Å². The molecule has 0 bridgehead atoms. The van der Waals surface area contributed by atoms with Crippen molar-refractivity contribution in [3.63, 3.8) is 0 Å². The largest absolute Gasteiger partial charge is 0.497 e. The molecule has 0 unspecified atom stereocenters. The van der Waals surface area contributed by atoms with Crippen LogP contribution in [-0.4, -0.2) is 39.7 Å². The molecule has 0 aliphatic carbocycles. The molecule has 2 aromatic heterocycles. The summed E-state index contributed by atoms with van der Waals surface area (Å²) in [7, 11) is 3.75. The molecule has 0 spiro atoms. The first-order valence-corrected chi connectivity index (χ1v) is 12.4. The number of aromatic nitrogens is 4. The zero-order chi connectivity index (χ0) is 24.7. The maximum Gasteiger partial charge on any atom is 0.227 e. The molecular formula is C29H35N5O. The van der Waals surface area contributed by atoms with Crippen LogP contribution in [0.15, 0.2) is 42.7 Å². The Hall–Kier alpha value is -3.41. The van der Waals surface area contributed by atoms with E-state index in [1.807, 2.05) is 17.9 Å². The van der Waals surface area contributed by atoms with Crippen LogP contribution in [0.2, 0.25) is 0 Å². The van der Waals surface area contributed by atoms with Gasteiger partial charge in [0, 0.05) is 26.6 Å². The first kappa shape index (κ1) is 23.3. The molecule has 0 atom stereocenters. The van der Waals surface area contributed by atoms with Crippen LogP contribution in [0.5, 0.6) is 5.75 Å². The maximum absolute atomic E-state index is 5.45. The van der Waals surface area contributed by atoms with Crippen molar-refractivity contribution in [2.24, 2.45) is 7.05 Å². The first-order valence-electron chi connectivity index (χ1n) is 12.4. The Kier molecular flexibility index (Phi) is 5.99. The Morgan fingerprint density at radius 2 is 1.74 bits per heavy atom. The van der Waals surface area contributed by atoms with Crippen molar-refractivity contribution in [1.82, 2.24) is 19.5 Å². The van der Waals surface area contributed by atoms with Gasteiger partial charge in [0.15, 0.2) is 5.65 Å². The SMILES string of the molecule is COc1ccc2c(c1)CCN(c1nc(Cc3cc(C(C)(C)C)ccc3C)c3c(ncn3C)n1)CC2. The summed E-state index contributed by atoms with van der Waals surface area (Å²) < 4.78 is 7.49. The van der Waals surface area contributed by atoms with E-state index in [4.69, 9.17) is 14.7 Å². The van der Waals surface area contributed by atoms with Gasteiger partial charge in [-0.05, 0) is 65.1 Å². The summed E-state index contributed by atoms with van der Waals surface area (Å²) in [5.41, 5.74) is 9.56. The fourth-order valence-electron chi connectivity index (χ4n) is 4.93. The fourth-order valence-corrected chi connectivity index (χ4v) is 4.93. The second-order valence-corrected chi connectivity index (χ2v) is 10.7. The molecular weight excluding hydrogens is 434 g/mol. The highest BCUT2D eigenvalue weighted by molar-refractivity contribution is 5.75. The first-order chi connectivity index (χ1) is 16.7. The van der Waals surface area contributed by atoms with Gasteiger partial charge in [-0.3, -0.25) is 0 Å². The van der Waals surface area contributed by atoms with E-state index in [9.17, 15) is 0 Å².